The first kappa shape index (κ1) is 13.6. The lowest BCUT2D eigenvalue weighted by molar-refractivity contribution is 0.0395. The first-order valence-electron chi connectivity index (χ1n) is 7.00. The molecule has 0 unspecified atom stereocenters. The summed E-state index contributed by atoms with van der Waals surface area (Å²) >= 11 is 0. The van der Waals surface area contributed by atoms with E-state index in [1.807, 2.05) is 31.3 Å². The zero-order valence-electron chi connectivity index (χ0n) is 12.0. The largest absolute Gasteiger partial charge is 0.373 e. The van der Waals surface area contributed by atoms with Crippen molar-refractivity contribution in [1.29, 1.82) is 0 Å². The van der Waals surface area contributed by atoms with Crippen LogP contribution in [-0.2, 0) is 4.74 Å². The molecule has 1 aromatic heterocycles. The van der Waals surface area contributed by atoms with Gasteiger partial charge in [-0.3, -0.25) is 0 Å². The van der Waals surface area contributed by atoms with E-state index >= 15 is 0 Å². The van der Waals surface area contributed by atoms with Gasteiger partial charge in [-0.1, -0.05) is 30.3 Å². The average Bonchev–Trinajstić information content (AvgIpc) is 2.55. The minimum absolute atomic E-state index is 0.0502. The fraction of sp³-hybridized carbons (Fsp3) is 0.333. The van der Waals surface area contributed by atoms with Crippen molar-refractivity contribution in [2.75, 3.05) is 42.7 Å². The van der Waals surface area contributed by atoms with Crippen LogP contribution < -0.4 is 16.0 Å². The van der Waals surface area contributed by atoms with Gasteiger partial charge in [-0.2, -0.15) is 9.97 Å². The van der Waals surface area contributed by atoms with Crippen molar-refractivity contribution in [2.45, 2.75) is 6.10 Å². The maximum absolute atomic E-state index is 5.87. The number of morpholine rings is 1. The van der Waals surface area contributed by atoms with Crippen LogP contribution in [0, 0.1) is 0 Å². The molecule has 6 heteroatoms. The second-order valence-electron chi connectivity index (χ2n) is 4.94. The third-order valence-electron chi connectivity index (χ3n) is 3.55. The number of nitrogens with two attached hydrogens (primary N) is 1. The topological polar surface area (TPSA) is 76.3 Å². The standard InChI is InChI=1S/C15H19N5O/c1-17-13-9-14(19-15(16)18-13)20-7-8-21-12(10-20)11-5-3-2-4-6-11/h2-6,9,12H,7-8,10H2,1H3,(H3,16,17,18,19)/t12-/m0/s1. The Morgan fingerprint density at radius 3 is 2.86 bits per heavy atom. The highest BCUT2D eigenvalue weighted by Crippen LogP contribution is 2.26. The van der Waals surface area contributed by atoms with Crippen molar-refractivity contribution in [2.24, 2.45) is 0 Å². The molecule has 0 amide bonds. The van der Waals surface area contributed by atoms with Crippen LogP contribution >= 0.6 is 0 Å². The fourth-order valence-corrected chi connectivity index (χ4v) is 2.47. The smallest absolute Gasteiger partial charge is 0.223 e. The van der Waals surface area contributed by atoms with Crippen LogP contribution in [0.1, 0.15) is 11.7 Å². The Hall–Kier alpha value is -2.34. The van der Waals surface area contributed by atoms with Crippen molar-refractivity contribution < 1.29 is 4.74 Å². The van der Waals surface area contributed by atoms with Gasteiger partial charge >= 0.3 is 0 Å². The maximum atomic E-state index is 5.87. The molecule has 21 heavy (non-hydrogen) atoms. The second kappa shape index (κ2) is 5.97. The third-order valence-corrected chi connectivity index (χ3v) is 3.55. The predicted molar refractivity (Wildman–Crippen MR) is 83.3 cm³/mol. The van der Waals surface area contributed by atoms with E-state index in [1.165, 1.54) is 5.56 Å². The van der Waals surface area contributed by atoms with Gasteiger partial charge in [0.2, 0.25) is 5.95 Å². The van der Waals surface area contributed by atoms with Crippen molar-refractivity contribution in [3.8, 4) is 0 Å². The highest BCUT2D eigenvalue weighted by Gasteiger charge is 2.23. The molecule has 2 aromatic rings. The molecule has 6 nitrogen and oxygen atoms in total. The van der Waals surface area contributed by atoms with Gasteiger partial charge < -0.3 is 20.7 Å². The van der Waals surface area contributed by atoms with Gasteiger partial charge in [0.05, 0.1) is 6.61 Å². The number of anilines is 3. The Morgan fingerprint density at radius 2 is 2.10 bits per heavy atom. The summed E-state index contributed by atoms with van der Waals surface area (Å²) in [6.07, 6.45) is 0.0502. The SMILES string of the molecule is CNc1cc(N2CCO[C@H](c3ccccc3)C2)nc(N)n1. The number of rotatable bonds is 3. The summed E-state index contributed by atoms with van der Waals surface area (Å²) in [6.45, 7) is 2.21. The summed E-state index contributed by atoms with van der Waals surface area (Å²) in [6, 6.07) is 12.1. The van der Waals surface area contributed by atoms with Crippen LogP contribution in [0.25, 0.3) is 0 Å². The van der Waals surface area contributed by atoms with Gasteiger partial charge in [0.1, 0.15) is 17.7 Å². The molecule has 1 aliphatic heterocycles. The first-order chi connectivity index (χ1) is 10.3. The monoisotopic (exact) mass is 285 g/mol. The molecule has 3 N–H and O–H groups in total. The van der Waals surface area contributed by atoms with Crippen LogP contribution in [0.15, 0.2) is 36.4 Å². The number of aromatic nitrogens is 2. The van der Waals surface area contributed by atoms with Crippen LogP contribution in [-0.4, -0.2) is 36.7 Å². The van der Waals surface area contributed by atoms with Gasteiger partial charge in [-0.25, -0.2) is 0 Å². The molecule has 0 aliphatic carbocycles. The van der Waals surface area contributed by atoms with Crippen molar-refractivity contribution >= 4 is 17.6 Å². The highest BCUT2D eigenvalue weighted by atomic mass is 16.5. The second-order valence-corrected chi connectivity index (χ2v) is 4.94. The van der Waals surface area contributed by atoms with Crippen molar-refractivity contribution in [3.05, 3.63) is 42.0 Å². The summed E-state index contributed by atoms with van der Waals surface area (Å²) < 4.78 is 5.87. The summed E-state index contributed by atoms with van der Waals surface area (Å²) in [5, 5.41) is 3.00. The molecular weight excluding hydrogens is 266 g/mol. The fourth-order valence-electron chi connectivity index (χ4n) is 2.47. The Labute approximate surface area is 124 Å². The molecule has 0 radical (unpaired) electrons. The molecule has 0 saturated carbocycles. The molecule has 1 fully saturated rings. The zero-order valence-corrected chi connectivity index (χ0v) is 12.0. The van der Waals surface area contributed by atoms with Crippen LogP contribution in [0.2, 0.25) is 0 Å². The predicted octanol–water partition coefficient (Wildman–Crippen LogP) is 1.68. The van der Waals surface area contributed by atoms with Gasteiger partial charge in [-0.05, 0) is 5.56 Å². The molecule has 0 spiro atoms. The molecule has 3 rings (SSSR count). The molecule has 0 bridgehead atoms. The molecule has 1 aliphatic rings. The number of benzene rings is 1. The summed E-state index contributed by atoms with van der Waals surface area (Å²) in [5.74, 6) is 1.83. The molecule has 1 aromatic carbocycles. The van der Waals surface area contributed by atoms with E-state index in [1.54, 1.807) is 0 Å². The van der Waals surface area contributed by atoms with Crippen LogP contribution in [0.4, 0.5) is 17.6 Å². The molecule has 1 saturated heterocycles. The van der Waals surface area contributed by atoms with Crippen molar-refractivity contribution in [3.63, 3.8) is 0 Å². The van der Waals surface area contributed by atoms with E-state index in [9.17, 15) is 0 Å². The lowest BCUT2D eigenvalue weighted by Gasteiger charge is -2.34. The maximum Gasteiger partial charge on any atom is 0.223 e. The molecular formula is C15H19N5O. The number of nitrogen functional groups attached to an aromatic ring is 1. The van der Waals surface area contributed by atoms with Crippen molar-refractivity contribution in [1.82, 2.24) is 9.97 Å². The highest BCUT2D eigenvalue weighted by molar-refractivity contribution is 5.52. The summed E-state index contributed by atoms with van der Waals surface area (Å²) in [4.78, 5) is 10.6. The van der Waals surface area contributed by atoms with E-state index in [0.29, 0.717) is 6.61 Å². The van der Waals surface area contributed by atoms with Crippen LogP contribution in [0.5, 0.6) is 0 Å². The minimum Gasteiger partial charge on any atom is -0.373 e. The normalized spacial score (nSPS) is 18.5. The molecule has 110 valence electrons. The average molecular weight is 285 g/mol. The zero-order chi connectivity index (χ0) is 14.7. The van der Waals surface area contributed by atoms with Gasteiger partial charge in [-0.15, -0.1) is 0 Å². The Kier molecular flexibility index (Phi) is 3.87. The Bertz CT molecular complexity index is 604. The minimum atomic E-state index is 0.0502. The van der Waals surface area contributed by atoms with Crippen LogP contribution in [0.3, 0.4) is 0 Å². The molecule has 1 atom stereocenters. The van der Waals surface area contributed by atoms with E-state index in [4.69, 9.17) is 10.5 Å². The lowest BCUT2D eigenvalue weighted by atomic mass is 10.1. The van der Waals surface area contributed by atoms with E-state index in [-0.39, 0.29) is 12.1 Å². The van der Waals surface area contributed by atoms with E-state index < -0.39 is 0 Å². The third kappa shape index (κ3) is 3.05. The van der Waals surface area contributed by atoms with Gasteiger partial charge in [0.15, 0.2) is 0 Å². The number of nitrogens with zero attached hydrogens (tertiary/aromatic N) is 3. The first-order valence-corrected chi connectivity index (χ1v) is 7.00. The number of ether oxygens (including phenoxy) is 1. The number of hydrogen-bond donors (Lipinski definition) is 2. The number of hydrogen-bond acceptors (Lipinski definition) is 6. The summed E-state index contributed by atoms with van der Waals surface area (Å²) in [5.41, 5.74) is 6.95. The van der Waals surface area contributed by atoms with Gasteiger partial charge in [0, 0.05) is 26.2 Å². The Morgan fingerprint density at radius 1 is 1.29 bits per heavy atom. The van der Waals surface area contributed by atoms with E-state index in [2.05, 4.69) is 32.3 Å². The van der Waals surface area contributed by atoms with E-state index in [0.717, 1.165) is 24.7 Å². The molecule has 2 heterocycles. The lowest BCUT2D eigenvalue weighted by Crippen LogP contribution is -2.39. The summed E-state index contributed by atoms with van der Waals surface area (Å²) in [7, 11) is 1.82. The Balaban J connectivity index is 1.81. The van der Waals surface area contributed by atoms with Gasteiger partial charge in [0.25, 0.3) is 0 Å². The number of nitrogens with one attached hydrogen (secondary N) is 1. The quantitative estimate of drug-likeness (QED) is 0.893.